The predicted octanol–water partition coefficient (Wildman–Crippen LogP) is 4.08. The van der Waals surface area contributed by atoms with Gasteiger partial charge in [0, 0.05) is 12.1 Å². The first-order valence-electron chi connectivity index (χ1n) is 6.88. The van der Waals surface area contributed by atoms with Gasteiger partial charge in [0.25, 0.3) is 0 Å². The standard InChI is InChI=1S/C17H16FNO/c18-14-9-11-15(12-10-14)19-16(7-4-8-17(19)20)13-5-2-1-3-6-13/h1-3,5-6,9-12,16H,4,7-8H2. The second-order valence-corrected chi connectivity index (χ2v) is 5.06. The first-order valence-corrected chi connectivity index (χ1v) is 6.88. The van der Waals surface area contributed by atoms with Gasteiger partial charge in [0.2, 0.25) is 5.91 Å². The molecule has 1 amide bonds. The molecule has 0 spiro atoms. The molecular weight excluding hydrogens is 253 g/mol. The van der Waals surface area contributed by atoms with Crippen molar-refractivity contribution in [3.8, 4) is 0 Å². The van der Waals surface area contributed by atoms with Crippen LogP contribution in [0.4, 0.5) is 10.1 Å². The van der Waals surface area contributed by atoms with E-state index in [1.165, 1.54) is 12.1 Å². The molecule has 2 nitrogen and oxygen atoms in total. The third-order valence-electron chi connectivity index (χ3n) is 3.74. The fourth-order valence-corrected chi connectivity index (χ4v) is 2.79. The third kappa shape index (κ3) is 2.44. The zero-order chi connectivity index (χ0) is 13.9. The van der Waals surface area contributed by atoms with Gasteiger partial charge in [-0.3, -0.25) is 4.79 Å². The van der Waals surface area contributed by atoms with Gasteiger partial charge in [-0.05, 0) is 42.7 Å². The fraction of sp³-hybridized carbons (Fsp3) is 0.235. The highest BCUT2D eigenvalue weighted by Gasteiger charge is 2.30. The minimum Gasteiger partial charge on any atom is -0.305 e. The summed E-state index contributed by atoms with van der Waals surface area (Å²) >= 11 is 0. The number of hydrogen-bond acceptors (Lipinski definition) is 1. The van der Waals surface area contributed by atoms with Crippen LogP contribution in [0.3, 0.4) is 0 Å². The Bertz CT molecular complexity index is 594. The van der Waals surface area contributed by atoms with Crippen LogP contribution in [0.25, 0.3) is 0 Å². The van der Waals surface area contributed by atoms with Gasteiger partial charge in [-0.1, -0.05) is 30.3 Å². The Balaban J connectivity index is 1.99. The highest BCUT2D eigenvalue weighted by molar-refractivity contribution is 5.94. The van der Waals surface area contributed by atoms with E-state index in [-0.39, 0.29) is 17.8 Å². The SMILES string of the molecule is O=C1CCCC(c2ccccc2)N1c1ccc(F)cc1. The molecule has 102 valence electrons. The molecular formula is C17H16FNO. The molecule has 0 aliphatic carbocycles. The molecule has 3 heteroatoms. The van der Waals surface area contributed by atoms with Gasteiger partial charge in [0.15, 0.2) is 0 Å². The summed E-state index contributed by atoms with van der Waals surface area (Å²) in [6.45, 7) is 0. The van der Waals surface area contributed by atoms with E-state index in [2.05, 4.69) is 0 Å². The van der Waals surface area contributed by atoms with Crippen LogP contribution in [-0.2, 0) is 4.79 Å². The monoisotopic (exact) mass is 269 g/mol. The van der Waals surface area contributed by atoms with Gasteiger partial charge in [-0.15, -0.1) is 0 Å². The maximum atomic E-state index is 13.1. The van der Waals surface area contributed by atoms with Crippen molar-refractivity contribution in [2.24, 2.45) is 0 Å². The van der Waals surface area contributed by atoms with Gasteiger partial charge in [0.1, 0.15) is 5.82 Å². The molecule has 1 aliphatic rings. The summed E-state index contributed by atoms with van der Waals surface area (Å²) in [6.07, 6.45) is 2.39. The molecule has 0 aromatic heterocycles. The van der Waals surface area contributed by atoms with Crippen molar-refractivity contribution in [3.63, 3.8) is 0 Å². The molecule has 2 aromatic rings. The van der Waals surface area contributed by atoms with E-state index in [1.54, 1.807) is 17.0 Å². The van der Waals surface area contributed by atoms with Crippen LogP contribution < -0.4 is 4.90 Å². The van der Waals surface area contributed by atoms with Gasteiger partial charge >= 0.3 is 0 Å². The first-order chi connectivity index (χ1) is 9.75. The maximum absolute atomic E-state index is 13.1. The molecule has 1 heterocycles. The summed E-state index contributed by atoms with van der Waals surface area (Å²) < 4.78 is 13.1. The number of rotatable bonds is 2. The zero-order valence-electron chi connectivity index (χ0n) is 11.1. The lowest BCUT2D eigenvalue weighted by Gasteiger charge is -2.36. The number of nitrogens with zero attached hydrogens (tertiary/aromatic N) is 1. The molecule has 20 heavy (non-hydrogen) atoms. The lowest BCUT2D eigenvalue weighted by atomic mass is 9.94. The number of anilines is 1. The molecule has 0 radical (unpaired) electrons. The second-order valence-electron chi connectivity index (χ2n) is 5.06. The molecule has 1 unspecified atom stereocenters. The predicted molar refractivity (Wildman–Crippen MR) is 76.9 cm³/mol. The maximum Gasteiger partial charge on any atom is 0.227 e. The van der Waals surface area contributed by atoms with Gasteiger partial charge in [0.05, 0.1) is 6.04 Å². The van der Waals surface area contributed by atoms with Crippen LogP contribution in [0, 0.1) is 5.82 Å². The van der Waals surface area contributed by atoms with Crippen LogP contribution in [0.5, 0.6) is 0 Å². The summed E-state index contributed by atoms with van der Waals surface area (Å²) in [4.78, 5) is 14.1. The summed E-state index contributed by atoms with van der Waals surface area (Å²) in [7, 11) is 0. The number of carbonyl (C=O) groups excluding carboxylic acids is 1. The van der Waals surface area contributed by atoms with Crippen molar-refractivity contribution in [2.75, 3.05) is 4.90 Å². The lowest BCUT2D eigenvalue weighted by molar-refractivity contribution is -0.120. The van der Waals surface area contributed by atoms with Gasteiger partial charge < -0.3 is 4.90 Å². The molecule has 1 atom stereocenters. The molecule has 0 bridgehead atoms. The summed E-state index contributed by atoms with van der Waals surface area (Å²) in [5.41, 5.74) is 1.90. The highest BCUT2D eigenvalue weighted by Crippen LogP contribution is 2.35. The average Bonchev–Trinajstić information content (AvgIpc) is 2.49. The van der Waals surface area contributed by atoms with E-state index in [9.17, 15) is 9.18 Å². The third-order valence-corrected chi connectivity index (χ3v) is 3.74. The Kier molecular flexibility index (Phi) is 3.50. The second kappa shape index (κ2) is 5.45. The van der Waals surface area contributed by atoms with E-state index in [0.29, 0.717) is 6.42 Å². The Morgan fingerprint density at radius 2 is 1.70 bits per heavy atom. The minimum atomic E-state index is -0.283. The molecule has 0 N–H and O–H groups in total. The largest absolute Gasteiger partial charge is 0.305 e. The van der Waals surface area contributed by atoms with Crippen molar-refractivity contribution < 1.29 is 9.18 Å². The van der Waals surface area contributed by atoms with Gasteiger partial charge in [-0.2, -0.15) is 0 Å². The van der Waals surface area contributed by atoms with Crippen molar-refractivity contribution in [1.82, 2.24) is 0 Å². The highest BCUT2D eigenvalue weighted by atomic mass is 19.1. The molecule has 1 aliphatic heterocycles. The Morgan fingerprint density at radius 3 is 2.40 bits per heavy atom. The van der Waals surface area contributed by atoms with Crippen LogP contribution in [0.15, 0.2) is 54.6 Å². The van der Waals surface area contributed by atoms with E-state index >= 15 is 0 Å². The Morgan fingerprint density at radius 1 is 1.00 bits per heavy atom. The van der Waals surface area contributed by atoms with E-state index in [1.807, 2.05) is 30.3 Å². The summed E-state index contributed by atoms with van der Waals surface area (Å²) in [5, 5.41) is 0. The normalized spacial score (nSPS) is 19.1. The fourth-order valence-electron chi connectivity index (χ4n) is 2.79. The number of piperidine rings is 1. The Hall–Kier alpha value is -2.16. The van der Waals surface area contributed by atoms with Gasteiger partial charge in [-0.25, -0.2) is 4.39 Å². The number of carbonyl (C=O) groups is 1. The van der Waals surface area contributed by atoms with Crippen LogP contribution in [-0.4, -0.2) is 5.91 Å². The van der Waals surface area contributed by atoms with E-state index in [0.717, 1.165) is 24.1 Å². The smallest absolute Gasteiger partial charge is 0.227 e. The average molecular weight is 269 g/mol. The quantitative estimate of drug-likeness (QED) is 0.804. The van der Waals surface area contributed by atoms with E-state index in [4.69, 9.17) is 0 Å². The van der Waals surface area contributed by atoms with E-state index < -0.39 is 0 Å². The van der Waals surface area contributed by atoms with Crippen LogP contribution in [0.1, 0.15) is 30.9 Å². The van der Waals surface area contributed by atoms with Crippen LogP contribution in [0.2, 0.25) is 0 Å². The number of halogens is 1. The van der Waals surface area contributed by atoms with Crippen molar-refractivity contribution >= 4 is 11.6 Å². The van der Waals surface area contributed by atoms with Crippen LogP contribution >= 0.6 is 0 Å². The number of amides is 1. The zero-order valence-corrected chi connectivity index (χ0v) is 11.1. The summed E-state index contributed by atoms with van der Waals surface area (Å²) in [6, 6.07) is 16.2. The molecule has 2 aromatic carbocycles. The summed E-state index contributed by atoms with van der Waals surface area (Å²) in [5.74, 6) is -0.175. The molecule has 1 saturated heterocycles. The number of hydrogen-bond donors (Lipinski definition) is 0. The molecule has 0 saturated carbocycles. The molecule has 1 fully saturated rings. The first kappa shape index (κ1) is 12.9. The van der Waals surface area contributed by atoms with Crippen molar-refractivity contribution in [1.29, 1.82) is 0 Å². The Labute approximate surface area is 117 Å². The van der Waals surface area contributed by atoms with Crippen molar-refractivity contribution in [2.45, 2.75) is 25.3 Å². The number of benzene rings is 2. The minimum absolute atomic E-state index is 0.0444. The molecule has 3 rings (SSSR count). The topological polar surface area (TPSA) is 20.3 Å². The van der Waals surface area contributed by atoms with Crippen molar-refractivity contribution in [3.05, 3.63) is 66.0 Å². The lowest BCUT2D eigenvalue weighted by Crippen LogP contribution is -2.38.